The summed E-state index contributed by atoms with van der Waals surface area (Å²) in [5.74, 6) is -0.956. The van der Waals surface area contributed by atoms with E-state index in [2.05, 4.69) is 48.7 Å². The van der Waals surface area contributed by atoms with Crippen LogP contribution in [0.15, 0.2) is 10.2 Å². The topological polar surface area (TPSA) is 82.9 Å². The first kappa shape index (κ1) is 20.3. The van der Waals surface area contributed by atoms with Crippen LogP contribution >= 0.6 is 0 Å². The van der Waals surface area contributed by atoms with Crippen LogP contribution in [0.1, 0.15) is 66.2 Å². The van der Waals surface area contributed by atoms with Gasteiger partial charge < -0.3 is 0 Å². The van der Waals surface area contributed by atoms with Gasteiger partial charge in [-0.1, -0.05) is 40.5 Å². The van der Waals surface area contributed by atoms with Crippen LogP contribution in [0.3, 0.4) is 0 Å². The minimum absolute atomic E-state index is 0.325. The Morgan fingerprint density at radius 3 is 1.45 bits per heavy atom. The number of nitrogens with zero attached hydrogens (tertiary/aromatic N) is 2. The molecule has 2 amide bonds. The fourth-order valence-corrected chi connectivity index (χ4v) is 2.01. The lowest BCUT2D eigenvalue weighted by Gasteiger charge is -2.07. The van der Waals surface area contributed by atoms with Crippen LogP contribution in [-0.4, -0.2) is 24.2 Å². The third-order valence-electron chi connectivity index (χ3n) is 3.48. The second-order valence-electron chi connectivity index (χ2n) is 5.35. The molecule has 0 bridgehead atoms. The van der Waals surface area contributed by atoms with Crippen molar-refractivity contribution in [3.8, 4) is 0 Å². The minimum Gasteiger partial charge on any atom is -0.262 e. The molecule has 0 spiro atoms. The van der Waals surface area contributed by atoms with E-state index >= 15 is 0 Å². The lowest BCUT2D eigenvalue weighted by Crippen LogP contribution is -2.35. The van der Waals surface area contributed by atoms with Crippen LogP contribution in [0.25, 0.3) is 0 Å². The first-order valence-electron chi connectivity index (χ1n) is 8.25. The van der Waals surface area contributed by atoms with E-state index in [1.54, 1.807) is 12.4 Å². The zero-order chi connectivity index (χ0) is 16.8. The second kappa shape index (κ2) is 13.0. The summed E-state index contributed by atoms with van der Waals surface area (Å²) in [6, 6.07) is 0. The first-order chi connectivity index (χ1) is 10.6. The molecular weight excluding hydrogens is 280 g/mol. The molecule has 0 aliphatic heterocycles. The summed E-state index contributed by atoms with van der Waals surface area (Å²) in [6.45, 7) is 8.33. The van der Waals surface area contributed by atoms with Gasteiger partial charge in [0, 0.05) is 12.4 Å². The van der Waals surface area contributed by atoms with Crippen molar-refractivity contribution in [1.82, 2.24) is 10.9 Å². The molecule has 0 heterocycles. The van der Waals surface area contributed by atoms with Crippen LogP contribution in [0.2, 0.25) is 0 Å². The van der Waals surface area contributed by atoms with Gasteiger partial charge in [-0.3, -0.25) is 9.59 Å². The highest BCUT2D eigenvalue weighted by Crippen LogP contribution is 2.07. The smallest absolute Gasteiger partial charge is 0.262 e. The SMILES string of the molecule is CCCC(/C=N\NC(=O)C(=O)N/N=C\C(CC)CCC)CC. The first-order valence-corrected chi connectivity index (χ1v) is 8.25. The van der Waals surface area contributed by atoms with E-state index in [1.807, 2.05) is 0 Å². The average Bonchev–Trinajstić information content (AvgIpc) is 2.52. The zero-order valence-electron chi connectivity index (χ0n) is 14.3. The van der Waals surface area contributed by atoms with Gasteiger partial charge in [-0.2, -0.15) is 10.2 Å². The Morgan fingerprint density at radius 1 is 0.818 bits per heavy atom. The predicted molar refractivity (Wildman–Crippen MR) is 90.6 cm³/mol. The lowest BCUT2D eigenvalue weighted by atomic mass is 10.0. The van der Waals surface area contributed by atoms with E-state index in [-0.39, 0.29) is 0 Å². The Balaban J connectivity index is 4.19. The van der Waals surface area contributed by atoms with Gasteiger partial charge in [-0.15, -0.1) is 0 Å². The molecule has 22 heavy (non-hydrogen) atoms. The number of carbonyl (C=O) groups excluding carboxylic acids is 2. The summed E-state index contributed by atoms with van der Waals surface area (Å²) in [6.07, 6.45) is 9.44. The van der Waals surface area contributed by atoms with E-state index in [0.29, 0.717) is 11.8 Å². The molecule has 126 valence electrons. The van der Waals surface area contributed by atoms with Crippen molar-refractivity contribution in [3.05, 3.63) is 0 Å². The van der Waals surface area contributed by atoms with Crippen LogP contribution in [0, 0.1) is 11.8 Å². The molecule has 0 rings (SSSR count). The van der Waals surface area contributed by atoms with Crippen molar-refractivity contribution < 1.29 is 9.59 Å². The van der Waals surface area contributed by atoms with Gasteiger partial charge in [0.25, 0.3) is 0 Å². The molecule has 0 aliphatic carbocycles. The van der Waals surface area contributed by atoms with Crippen LogP contribution < -0.4 is 10.9 Å². The third-order valence-corrected chi connectivity index (χ3v) is 3.48. The number of hydrazone groups is 2. The maximum absolute atomic E-state index is 11.5. The van der Waals surface area contributed by atoms with Gasteiger partial charge in [-0.05, 0) is 37.5 Å². The summed E-state index contributed by atoms with van der Waals surface area (Å²) in [7, 11) is 0. The standard InChI is InChI=1S/C16H30N4O2/c1-5-9-13(7-3)11-17-19-15(21)16(22)20-18-12-14(8-4)10-6-2/h11-14H,5-10H2,1-4H3,(H,19,21)(H,20,22)/b17-11-,18-12-. The van der Waals surface area contributed by atoms with Crippen LogP contribution in [0.4, 0.5) is 0 Å². The summed E-state index contributed by atoms with van der Waals surface area (Å²) in [5, 5.41) is 7.67. The molecule has 0 radical (unpaired) electrons. The zero-order valence-corrected chi connectivity index (χ0v) is 14.3. The van der Waals surface area contributed by atoms with E-state index in [0.717, 1.165) is 38.5 Å². The highest BCUT2D eigenvalue weighted by Gasteiger charge is 2.11. The number of carbonyl (C=O) groups is 2. The van der Waals surface area contributed by atoms with Gasteiger partial charge in [0.05, 0.1) is 0 Å². The van der Waals surface area contributed by atoms with Crippen molar-refractivity contribution in [2.45, 2.75) is 66.2 Å². The highest BCUT2D eigenvalue weighted by molar-refractivity contribution is 6.35. The van der Waals surface area contributed by atoms with Gasteiger partial charge >= 0.3 is 11.8 Å². The van der Waals surface area contributed by atoms with Crippen LogP contribution in [-0.2, 0) is 9.59 Å². The van der Waals surface area contributed by atoms with Crippen molar-refractivity contribution in [2.24, 2.45) is 22.0 Å². The quantitative estimate of drug-likeness (QED) is 0.369. The minimum atomic E-state index is -0.803. The number of hydrogen-bond acceptors (Lipinski definition) is 4. The van der Waals surface area contributed by atoms with Crippen molar-refractivity contribution in [3.63, 3.8) is 0 Å². The van der Waals surface area contributed by atoms with E-state index in [1.165, 1.54) is 0 Å². The Bertz CT molecular complexity index is 344. The Hall–Kier alpha value is -1.72. The van der Waals surface area contributed by atoms with Gasteiger partial charge in [-0.25, -0.2) is 10.9 Å². The normalized spacial score (nSPS) is 14.2. The molecule has 0 aliphatic rings. The summed E-state index contributed by atoms with van der Waals surface area (Å²) in [4.78, 5) is 23.1. The predicted octanol–water partition coefficient (Wildman–Crippen LogP) is 2.84. The molecule has 6 heteroatoms. The monoisotopic (exact) mass is 310 g/mol. The summed E-state index contributed by atoms with van der Waals surface area (Å²) in [5.41, 5.74) is 4.45. The molecular formula is C16H30N4O2. The van der Waals surface area contributed by atoms with Gasteiger partial charge in [0.2, 0.25) is 0 Å². The van der Waals surface area contributed by atoms with Crippen LogP contribution in [0.5, 0.6) is 0 Å². The van der Waals surface area contributed by atoms with Crippen molar-refractivity contribution >= 4 is 24.2 Å². The van der Waals surface area contributed by atoms with E-state index in [9.17, 15) is 9.59 Å². The van der Waals surface area contributed by atoms with Gasteiger partial charge in [0.15, 0.2) is 0 Å². The lowest BCUT2D eigenvalue weighted by molar-refractivity contribution is -0.139. The molecule has 0 saturated carbocycles. The average molecular weight is 310 g/mol. The highest BCUT2D eigenvalue weighted by atomic mass is 16.2. The molecule has 0 saturated heterocycles. The molecule has 6 nitrogen and oxygen atoms in total. The van der Waals surface area contributed by atoms with E-state index < -0.39 is 11.8 Å². The second-order valence-corrected chi connectivity index (χ2v) is 5.35. The molecule has 2 unspecified atom stereocenters. The number of hydrogen-bond donors (Lipinski definition) is 2. The fraction of sp³-hybridized carbons (Fsp3) is 0.750. The Kier molecular flexibility index (Phi) is 12.0. The number of amides is 2. The molecule has 0 aromatic rings. The Labute approximate surface area is 133 Å². The maximum atomic E-state index is 11.5. The Morgan fingerprint density at radius 2 is 1.18 bits per heavy atom. The van der Waals surface area contributed by atoms with Crippen molar-refractivity contribution in [1.29, 1.82) is 0 Å². The van der Waals surface area contributed by atoms with Gasteiger partial charge in [0.1, 0.15) is 0 Å². The summed E-state index contributed by atoms with van der Waals surface area (Å²) >= 11 is 0. The molecule has 2 atom stereocenters. The van der Waals surface area contributed by atoms with E-state index in [4.69, 9.17) is 0 Å². The molecule has 0 aromatic heterocycles. The van der Waals surface area contributed by atoms with Crippen molar-refractivity contribution in [2.75, 3.05) is 0 Å². The fourth-order valence-electron chi connectivity index (χ4n) is 2.01. The number of nitrogens with one attached hydrogen (secondary N) is 2. The largest absolute Gasteiger partial charge is 0.331 e. The summed E-state index contributed by atoms with van der Waals surface area (Å²) < 4.78 is 0. The molecule has 0 aromatic carbocycles. The maximum Gasteiger partial charge on any atom is 0.331 e. The third kappa shape index (κ3) is 9.26. The molecule has 2 N–H and O–H groups in total. The number of rotatable bonds is 10. The molecule has 0 fully saturated rings.